The molecule has 0 bridgehead atoms. The molecule has 0 N–H and O–H groups in total. The van der Waals surface area contributed by atoms with Crippen LogP contribution in [-0.2, 0) is 31.5 Å². The number of ether oxygens (including phenoxy) is 3. The third-order valence-electron chi connectivity index (χ3n) is 5.72. The van der Waals surface area contributed by atoms with Gasteiger partial charge in [-0.25, -0.2) is 4.79 Å². The number of hydrogen-bond donors (Lipinski definition) is 0. The number of aliphatic imine (C=N–C) groups is 1. The number of rotatable bonds is 8. The lowest BCUT2D eigenvalue weighted by Crippen LogP contribution is -2.19. The minimum atomic E-state index is -0.917. The molecule has 2 unspecified atom stereocenters. The van der Waals surface area contributed by atoms with Gasteiger partial charge in [0.1, 0.15) is 17.5 Å². The number of nitrogens with zero attached hydrogens (tertiary/aromatic N) is 3. The van der Waals surface area contributed by atoms with Gasteiger partial charge in [0, 0.05) is 31.3 Å². The molecule has 188 valence electrons. The number of esters is 1. The van der Waals surface area contributed by atoms with E-state index in [0.717, 1.165) is 39.8 Å². The van der Waals surface area contributed by atoms with E-state index in [9.17, 15) is 9.59 Å². The summed E-state index contributed by atoms with van der Waals surface area (Å²) in [5.74, 6) is -0.0876. The second kappa shape index (κ2) is 10.7. The van der Waals surface area contributed by atoms with Crippen LogP contribution in [0.4, 0.5) is 4.79 Å². The first kappa shape index (κ1) is 26.5. The van der Waals surface area contributed by atoms with E-state index < -0.39 is 17.6 Å². The van der Waals surface area contributed by atoms with Crippen molar-refractivity contribution in [1.29, 1.82) is 0 Å². The van der Waals surface area contributed by atoms with Gasteiger partial charge in [0.2, 0.25) is 6.29 Å². The Labute approximate surface area is 210 Å². The van der Waals surface area contributed by atoms with Crippen LogP contribution in [0.2, 0.25) is 0 Å². The van der Waals surface area contributed by atoms with Crippen molar-refractivity contribution in [2.45, 2.75) is 59.3 Å². The molecule has 0 fully saturated rings. The van der Waals surface area contributed by atoms with Crippen molar-refractivity contribution in [3.63, 3.8) is 0 Å². The average molecular weight is 500 g/mol. The summed E-state index contributed by atoms with van der Waals surface area (Å²) in [6.45, 7) is 12.1. The summed E-state index contributed by atoms with van der Waals surface area (Å²) >= 11 is 0.724. The van der Waals surface area contributed by atoms with Gasteiger partial charge in [-0.3, -0.25) is 14.5 Å². The van der Waals surface area contributed by atoms with E-state index in [2.05, 4.69) is 59.9 Å². The van der Waals surface area contributed by atoms with Crippen molar-refractivity contribution in [3.8, 4) is 0 Å². The predicted octanol–water partition coefficient (Wildman–Crippen LogP) is 5.06. The number of thioether (sulfide) groups is 1. The fourth-order valence-electron chi connectivity index (χ4n) is 3.64. The molecule has 1 aliphatic rings. The highest BCUT2D eigenvalue weighted by Crippen LogP contribution is 2.37. The van der Waals surface area contributed by atoms with Crippen molar-refractivity contribution < 1.29 is 23.8 Å². The number of benzene rings is 1. The van der Waals surface area contributed by atoms with E-state index in [-0.39, 0.29) is 17.2 Å². The molecule has 0 saturated heterocycles. The average Bonchev–Trinajstić information content (AvgIpc) is 3.58. The van der Waals surface area contributed by atoms with Crippen molar-refractivity contribution in [2.24, 2.45) is 12.0 Å². The molecule has 0 saturated carbocycles. The Morgan fingerprint density at radius 1 is 1.14 bits per heavy atom. The van der Waals surface area contributed by atoms with Gasteiger partial charge >= 0.3 is 11.3 Å². The van der Waals surface area contributed by atoms with Gasteiger partial charge in [-0.1, -0.05) is 45.0 Å². The smallest absolute Gasteiger partial charge is 0.370 e. The lowest BCUT2D eigenvalue weighted by atomic mass is 9.85. The third kappa shape index (κ3) is 6.54. The number of carbonyl (C=O) groups is 2. The van der Waals surface area contributed by atoms with Crippen molar-refractivity contribution in [1.82, 2.24) is 9.78 Å². The monoisotopic (exact) mass is 499 g/mol. The van der Waals surface area contributed by atoms with Crippen LogP contribution in [0, 0.1) is 13.8 Å². The molecule has 0 radical (unpaired) electrons. The van der Waals surface area contributed by atoms with E-state index in [0.29, 0.717) is 5.76 Å². The standard InChI is InChI=1S/C26H33N3O5S/c1-15-16(2)28-29(7)23(15)24(33-17(3)34-25(31)35-14-21(30)32-8)22(20-13-27-20)18-9-11-19(12-10-18)26(4,5)6/h9-13,17,20H,14H2,1-8H3/b24-22+. The van der Waals surface area contributed by atoms with Crippen LogP contribution in [0.25, 0.3) is 11.3 Å². The van der Waals surface area contributed by atoms with Crippen molar-refractivity contribution in [2.75, 3.05) is 12.9 Å². The van der Waals surface area contributed by atoms with E-state index >= 15 is 0 Å². The number of aromatic nitrogens is 2. The number of methoxy groups -OCH3 is 1. The van der Waals surface area contributed by atoms with Crippen LogP contribution in [0.5, 0.6) is 0 Å². The summed E-state index contributed by atoms with van der Waals surface area (Å²) in [6.07, 6.45) is 0.942. The second-order valence-electron chi connectivity index (χ2n) is 9.41. The highest BCUT2D eigenvalue weighted by atomic mass is 32.2. The van der Waals surface area contributed by atoms with E-state index in [1.807, 2.05) is 27.1 Å². The summed E-state index contributed by atoms with van der Waals surface area (Å²) in [7, 11) is 3.13. The Balaban J connectivity index is 2.00. The first-order chi connectivity index (χ1) is 16.4. The second-order valence-corrected chi connectivity index (χ2v) is 10.3. The number of aryl methyl sites for hydroxylation is 2. The van der Waals surface area contributed by atoms with Crippen LogP contribution in [-0.4, -0.2) is 52.5 Å². The van der Waals surface area contributed by atoms with Gasteiger partial charge in [-0.05, 0) is 42.2 Å². The fraction of sp³-hybridized carbons (Fsp3) is 0.462. The molecular formula is C26H33N3O5S. The topological polar surface area (TPSA) is 92.0 Å². The maximum atomic E-state index is 12.2. The van der Waals surface area contributed by atoms with Gasteiger partial charge in [-0.15, -0.1) is 0 Å². The van der Waals surface area contributed by atoms with Crippen molar-refractivity contribution in [3.05, 3.63) is 52.3 Å². The predicted molar refractivity (Wildman–Crippen MR) is 138 cm³/mol. The molecule has 0 amide bonds. The van der Waals surface area contributed by atoms with Gasteiger partial charge in [0.05, 0.1) is 12.8 Å². The van der Waals surface area contributed by atoms with E-state index in [1.54, 1.807) is 11.6 Å². The zero-order valence-electron chi connectivity index (χ0n) is 21.5. The molecule has 9 heteroatoms. The SMILES string of the molecule is COC(=O)CSC(=O)OC(C)O/C(=C(\c1ccc(C(C)(C)C)cc1)C1C=N1)c1c(C)c(C)nn1C. The minimum absolute atomic E-state index is 0.0259. The molecule has 0 spiro atoms. The van der Waals surface area contributed by atoms with Crippen LogP contribution >= 0.6 is 11.8 Å². The van der Waals surface area contributed by atoms with Gasteiger partial charge in [0.25, 0.3) is 0 Å². The summed E-state index contributed by atoms with van der Waals surface area (Å²) in [5, 5.41) is 3.93. The summed E-state index contributed by atoms with van der Waals surface area (Å²) in [6, 6.07) is 8.23. The molecule has 1 aromatic carbocycles. The normalized spacial score (nSPS) is 16.4. The molecule has 2 heterocycles. The summed E-state index contributed by atoms with van der Waals surface area (Å²) in [4.78, 5) is 28.0. The highest BCUT2D eigenvalue weighted by Gasteiger charge is 2.31. The quantitative estimate of drug-likeness (QED) is 0.285. The molecule has 8 nitrogen and oxygen atoms in total. The Kier molecular flexibility index (Phi) is 8.10. The van der Waals surface area contributed by atoms with Crippen LogP contribution in [0.15, 0.2) is 29.3 Å². The summed E-state index contributed by atoms with van der Waals surface area (Å²) < 4.78 is 18.1. The summed E-state index contributed by atoms with van der Waals surface area (Å²) in [5.41, 5.74) is 5.72. The zero-order valence-corrected chi connectivity index (χ0v) is 22.4. The molecule has 35 heavy (non-hydrogen) atoms. The Bertz CT molecular complexity index is 1150. The molecule has 1 aliphatic heterocycles. The fourth-order valence-corrected chi connectivity index (χ4v) is 4.20. The highest BCUT2D eigenvalue weighted by molar-refractivity contribution is 8.13. The Morgan fingerprint density at radius 2 is 1.77 bits per heavy atom. The molecule has 3 rings (SSSR count). The lowest BCUT2D eigenvalue weighted by Gasteiger charge is -2.23. The molecule has 2 atom stereocenters. The molecule has 1 aromatic heterocycles. The van der Waals surface area contributed by atoms with Gasteiger partial charge < -0.3 is 14.2 Å². The number of hydrogen-bond acceptors (Lipinski definition) is 8. The largest absolute Gasteiger partial charge is 0.468 e. The van der Waals surface area contributed by atoms with Gasteiger partial charge in [-0.2, -0.15) is 5.10 Å². The lowest BCUT2D eigenvalue weighted by molar-refractivity contribution is -0.137. The molecule has 0 aliphatic carbocycles. The maximum absolute atomic E-state index is 12.2. The van der Waals surface area contributed by atoms with Crippen LogP contribution in [0.1, 0.15) is 55.8 Å². The third-order valence-corrected chi connectivity index (χ3v) is 6.43. The zero-order chi connectivity index (χ0) is 25.9. The van der Waals surface area contributed by atoms with E-state index in [4.69, 9.17) is 9.47 Å². The first-order valence-electron chi connectivity index (χ1n) is 11.4. The van der Waals surface area contributed by atoms with Gasteiger partial charge in [0.15, 0.2) is 5.76 Å². The minimum Gasteiger partial charge on any atom is -0.468 e. The maximum Gasteiger partial charge on any atom is 0.370 e. The molecule has 2 aromatic rings. The first-order valence-corrected chi connectivity index (χ1v) is 12.4. The van der Waals surface area contributed by atoms with Crippen LogP contribution in [0.3, 0.4) is 0 Å². The number of carbonyl (C=O) groups excluding carboxylic acids is 2. The van der Waals surface area contributed by atoms with Crippen LogP contribution < -0.4 is 0 Å². The Morgan fingerprint density at radius 3 is 2.26 bits per heavy atom. The Hall–Kier alpha value is -3.07. The van der Waals surface area contributed by atoms with Crippen molar-refractivity contribution >= 4 is 40.6 Å². The van der Waals surface area contributed by atoms with E-state index in [1.165, 1.54) is 12.7 Å². The molecular weight excluding hydrogens is 466 g/mol.